The fourth-order valence-electron chi connectivity index (χ4n) is 1.88. The number of amides is 2. The Morgan fingerprint density at radius 2 is 1.28 bits per heavy atom. The van der Waals surface area contributed by atoms with Crippen molar-refractivity contribution in [2.45, 2.75) is 24.3 Å². The molecule has 0 aromatic heterocycles. The van der Waals surface area contributed by atoms with Crippen molar-refractivity contribution in [1.82, 2.24) is 9.80 Å². The zero-order valence-corrected chi connectivity index (χ0v) is 13.2. The van der Waals surface area contributed by atoms with Gasteiger partial charge in [0.05, 0.1) is 0 Å². The van der Waals surface area contributed by atoms with Gasteiger partial charge in [0.1, 0.15) is 19.1 Å². The second-order valence-corrected chi connectivity index (χ2v) is 7.32. The summed E-state index contributed by atoms with van der Waals surface area (Å²) in [6.45, 7) is 4.85. The molecule has 0 spiro atoms. The summed E-state index contributed by atoms with van der Waals surface area (Å²) in [6, 6.07) is 0. The summed E-state index contributed by atoms with van der Waals surface area (Å²) in [6.07, 6.45) is 0. The third-order valence-electron chi connectivity index (χ3n) is 2.82. The van der Waals surface area contributed by atoms with Crippen LogP contribution in [0, 0.1) is 0 Å². The molecule has 0 unspecified atom stereocenters. The van der Waals surface area contributed by atoms with Crippen molar-refractivity contribution in [3.05, 3.63) is 0 Å². The van der Waals surface area contributed by atoms with E-state index in [0.717, 1.165) is 0 Å². The van der Waals surface area contributed by atoms with Gasteiger partial charge in [0.25, 0.3) is 0 Å². The Morgan fingerprint density at radius 3 is 1.50 bits per heavy atom. The maximum atomic E-state index is 12.2. The third-order valence-corrected chi connectivity index (χ3v) is 6.31. The van der Waals surface area contributed by atoms with Crippen LogP contribution in [0.5, 0.6) is 0 Å². The van der Waals surface area contributed by atoms with Crippen LogP contribution in [-0.4, -0.2) is 53.8 Å². The van der Waals surface area contributed by atoms with Gasteiger partial charge in [-0.1, -0.05) is 48.0 Å². The summed E-state index contributed by atoms with van der Waals surface area (Å²) in [5.74, 6) is -0.141. The first-order valence-electron chi connectivity index (χ1n) is 5.55. The number of carbonyl (C=O) groups is 2. The Morgan fingerprint density at radius 1 is 0.944 bits per heavy atom. The first-order chi connectivity index (χ1) is 8.51. The van der Waals surface area contributed by atoms with Gasteiger partial charge in [0.15, 0.2) is 0 Å². The van der Waals surface area contributed by atoms with Gasteiger partial charge in [-0.05, 0) is 13.8 Å². The zero-order chi connectivity index (χ0) is 13.4. The fourth-order valence-corrected chi connectivity index (χ4v) is 5.34. The molecule has 0 aliphatic carbocycles. The van der Waals surface area contributed by atoms with Crippen molar-refractivity contribution >= 4 is 68.4 Å². The highest BCUT2D eigenvalue weighted by Gasteiger charge is 2.49. The molecule has 2 rings (SSSR count). The van der Waals surface area contributed by atoms with Crippen molar-refractivity contribution < 1.29 is 9.59 Å². The molecule has 0 aromatic rings. The Balaban J connectivity index is 2.20. The monoisotopic (exact) mass is 320 g/mol. The van der Waals surface area contributed by atoms with Crippen LogP contribution < -0.4 is 0 Å². The second kappa shape index (κ2) is 5.44. The predicted molar refractivity (Wildman–Crippen MR) is 82.7 cm³/mol. The van der Waals surface area contributed by atoms with Crippen molar-refractivity contribution in [2.24, 2.45) is 0 Å². The van der Waals surface area contributed by atoms with Crippen LogP contribution in [0.4, 0.5) is 0 Å². The van der Waals surface area contributed by atoms with Gasteiger partial charge in [-0.2, -0.15) is 0 Å². The molecule has 4 nitrogen and oxygen atoms in total. The van der Waals surface area contributed by atoms with E-state index in [4.69, 9.17) is 24.4 Å². The molecule has 0 saturated carbocycles. The molecule has 2 aliphatic heterocycles. The van der Waals surface area contributed by atoms with Gasteiger partial charge in [-0.3, -0.25) is 19.4 Å². The average Bonchev–Trinajstić information content (AvgIpc) is 2.76. The summed E-state index contributed by atoms with van der Waals surface area (Å²) in [5.41, 5.74) is 0. The maximum absolute atomic E-state index is 12.2. The number of nitrogens with zero attached hydrogens (tertiary/aromatic N) is 2. The van der Waals surface area contributed by atoms with Gasteiger partial charge in [0.2, 0.25) is 11.8 Å². The standard InChI is InChI=1S/C10H12N2O2S4/c1-3-11-7(13)5(17-9(11)15)6-8(14)12(4-2)10(16)18-6/h5-6H,3-4H2,1-2H3/t5-,6-/m0/s1. The van der Waals surface area contributed by atoms with E-state index < -0.39 is 10.5 Å². The highest BCUT2D eigenvalue weighted by molar-refractivity contribution is 8.27. The molecule has 2 atom stereocenters. The van der Waals surface area contributed by atoms with E-state index in [2.05, 4.69) is 0 Å². The van der Waals surface area contributed by atoms with E-state index in [9.17, 15) is 9.59 Å². The molecule has 2 heterocycles. The quantitative estimate of drug-likeness (QED) is 0.734. The van der Waals surface area contributed by atoms with Crippen LogP contribution in [0.3, 0.4) is 0 Å². The molecular formula is C10H12N2O2S4. The first-order valence-corrected chi connectivity index (χ1v) is 8.12. The molecule has 2 aliphatic rings. The van der Waals surface area contributed by atoms with Gasteiger partial charge in [-0.15, -0.1) is 0 Å². The summed E-state index contributed by atoms with van der Waals surface area (Å²) in [5, 5.41) is -0.853. The molecule has 0 N–H and O–H groups in total. The van der Waals surface area contributed by atoms with Crippen LogP contribution in [0.1, 0.15) is 13.8 Å². The molecule has 98 valence electrons. The highest BCUT2D eigenvalue weighted by Crippen LogP contribution is 2.39. The molecule has 0 radical (unpaired) electrons. The van der Waals surface area contributed by atoms with E-state index in [-0.39, 0.29) is 11.8 Å². The smallest absolute Gasteiger partial charge is 0.243 e. The Kier molecular flexibility index (Phi) is 4.30. The fraction of sp³-hybridized carbons (Fsp3) is 0.600. The lowest BCUT2D eigenvalue weighted by atomic mass is 10.2. The van der Waals surface area contributed by atoms with E-state index in [1.54, 1.807) is 9.80 Å². The largest absolute Gasteiger partial charge is 0.297 e. The summed E-state index contributed by atoms with van der Waals surface area (Å²) in [4.78, 5) is 27.4. The van der Waals surface area contributed by atoms with Crippen molar-refractivity contribution in [3.63, 3.8) is 0 Å². The zero-order valence-electron chi connectivity index (χ0n) is 9.91. The Hall–Kier alpha value is -0.180. The van der Waals surface area contributed by atoms with Crippen molar-refractivity contribution in [1.29, 1.82) is 0 Å². The number of hydrogen-bond donors (Lipinski definition) is 0. The van der Waals surface area contributed by atoms with Crippen LogP contribution in [0.2, 0.25) is 0 Å². The highest BCUT2D eigenvalue weighted by atomic mass is 32.2. The summed E-state index contributed by atoms with van der Waals surface area (Å²) < 4.78 is 1.11. The van der Waals surface area contributed by atoms with Crippen LogP contribution in [0.15, 0.2) is 0 Å². The first kappa shape index (κ1) is 14.2. The minimum absolute atomic E-state index is 0.0703. The van der Waals surface area contributed by atoms with Crippen LogP contribution >= 0.6 is 48.0 Å². The van der Waals surface area contributed by atoms with Crippen molar-refractivity contribution in [2.75, 3.05) is 13.1 Å². The number of carbonyl (C=O) groups excluding carboxylic acids is 2. The number of hydrogen-bond acceptors (Lipinski definition) is 6. The lowest BCUT2D eigenvalue weighted by molar-refractivity contribution is -0.130. The minimum atomic E-state index is -0.426. The predicted octanol–water partition coefficient (Wildman–Crippen LogP) is 1.48. The minimum Gasteiger partial charge on any atom is -0.297 e. The third kappa shape index (κ3) is 2.19. The Labute approximate surface area is 125 Å². The normalized spacial score (nSPS) is 28.8. The molecule has 0 aromatic carbocycles. The lowest BCUT2D eigenvalue weighted by Crippen LogP contribution is -2.40. The van der Waals surface area contributed by atoms with Gasteiger partial charge < -0.3 is 0 Å². The van der Waals surface area contributed by atoms with E-state index in [1.807, 2.05) is 13.8 Å². The Bertz CT molecular complexity index is 400. The average molecular weight is 320 g/mol. The molecule has 2 amide bonds. The summed E-state index contributed by atoms with van der Waals surface area (Å²) in [7, 11) is 0. The number of thiocarbonyl (C=S) groups is 2. The van der Waals surface area contributed by atoms with E-state index in [0.29, 0.717) is 21.7 Å². The van der Waals surface area contributed by atoms with Crippen molar-refractivity contribution in [3.8, 4) is 0 Å². The lowest BCUT2D eigenvalue weighted by Gasteiger charge is -2.15. The van der Waals surface area contributed by atoms with E-state index >= 15 is 0 Å². The number of rotatable bonds is 3. The SMILES string of the molecule is CCN1C(=O)[C@H]([C@@H]2SC(=S)N(CC)C2=O)SC1=S. The van der Waals surface area contributed by atoms with Gasteiger partial charge in [-0.25, -0.2) is 0 Å². The van der Waals surface area contributed by atoms with Crippen LogP contribution in [-0.2, 0) is 9.59 Å². The molecule has 0 bridgehead atoms. The molecule has 2 fully saturated rings. The molecule has 2 saturated heterocycles. The second-order valence-electron chi connectivity index (χ2n) is 3.77. The summed E-state index contributed by atoms with van der Waals surface area (Å²) >= 11 is 12.9. The van der Waals surface area contributed by atoms with E-state index in [1.165, 1.54) is 23.5 Å². The number of thioether (sulfide) groups is 2. The molecule has 8 heteroatoms. The van der Waals surface area contributed by atoms with Gasteiger partial charge >= 0.3 is 0 Å². The van der Waals surface area contributed by atoms with Gasteiger partial charge in [0, 0.05) is 13.1 Å². The van der Waals surface area contributed by atoms with Crippen LogP contribution in [0.25, 0.3) is 0 Å². The topological polar surface area (TPSA) is 40.6 Å². The maximum Gasteiger partial charge on any atom is 0.243 e. The molecule has 18 heavy (non-hydrogen) atoms. The molecular weight excluding hydrogens is 308 g/mol.